The average molecular weight is 260 g/mol. The van der Waals surface area contributed by atoms with Crippen LogP contribution in [0.5, 0.6) is 0 Å². The third-order valence-electron chi connectivity index (χ3n) is 3.70. The molecule has 0 saturated heterocycles. The Balaban J connectivity index is 2.01. The molecule has 0 radical (unpaired) electrons. The molecule has 0 atom stereocenters. The van der Waals surface area contributed by atoms with Crippen LogP contribution in [-0.2, 0) is 0 Å². The highest BCUT2D eigenvalue weighted by Gasteiger charge is 2.26. The van der Waals surface area contributed by atoms with E-state index in [1.165, 1.54) is 0 Å². The van der Waals surface area contributed by atoms with E-state index in [-0.39, 0.29) is 5.78 Å². The van der Waals surface area contributed by atoms with Gasteiger partial charge in [0.1, 0.15) is 11.3 Å². The molecule has 0 saturated carbocycles. The van der Waals surface area contributed by atoms with E-state index < -0.39 is 0 Å². The van der Waals surface area contributed by atoms with Gasteiger partial charge in [0.15, 0.2) is 5.78 Å². The maximum atomic E-state index is 12.2. The lowest BCUT2D eigenvalue weighted by atomic mass is 9.90. The summed E-state index contributed by atoms with van der Waals surface area (Å²) in [6.45, 7) is 0. The van der Waals surface area contributed by atoms with E-state index in [4.69, 9.17) is 4.42 Å². The highest BCUT2D eigenvalue weighted by molar-refractivity contribution is 6.14. The second-order valence-electron chi connectivity index (χ2n) is 4.91. The molecular weight excluding hydrogens is 248 g/mol. The predicted molar refractivity (Wildman–Crippen MR) is 78.7 cm³/mol. The normalized spacial score (nSPS) is 14.2. The SMILES string of the molecule is O=C1CC=C(c2ccccc2)c2oc3ccccc3c21. The summed E-state index contributed by atoms with van der Waals surface area (Å²) in [7, 11) is 0. The van der Waals surface area contributed by atoms with Gasteiger partial charge in [0.25, 0.3) is 0 Å². The van der Waals surface area contributed by atoms with Crippen LogP contribution in [0.4, 0.5) is 0 Å². The molecule has 3 aromatic rings. The predicted octanol–water partition coefficient (Wildman–Crippen LogP) is 4.45. The Kier molecular flexibility index (Phi) is 2.36. The van der Waals surface area contributed by atoms with E-state index in [1.807, 2.05) is 60.7 Å². The Morgan fingerprint density at radius 3 is 2.50 bits per heavy atom. The van der Waals surface area contributed by atoms with Crippen molar-refractivity contribution >= 4 is 22.3 Å². The Bertz CT molecular complexity index is 838. The van der Waals surface area contributed by atoms with E-state index in [9.17, 15) is 4.79 Å². The first-order chi connectivity index (χ1) is 9.84. The largest absolute Gasteiger partial charge is 0.455 e. The summed E-state index contributed by atoms with van der Waals surface area (Å²) >= 11 is 0. The number of benzene rings is 2. The number of Topliss-reactive ketones (excluding diaryl/α,β-unsaturated/α-hetero) is 1. The second kappa shape index (κ2) is 4.20. The smallest absolute Gasteiger partial charge is 0.171 e. The Morgan fingerprint density at radius 2 is 1.65 bits per heavy atom. The van der Waals surface area contributed by atoms with Gasteiger partial charge >= 0.3 is 0 Å². The third-order valence-corrected chi connectivity index (χ3v) is 3.70. The molecule has 4 rings (SSSR count). The van der Waals surface area contributed by atoms with Gasteiger partial charge in [-0.3, -0.25) is 4.79 Å². The van der Waals surface area contributed by atoms with Gasteiger partial charge < -0.3 is 4.42 Å². The van der Waals surface area contributed by atoms with Crippen molar-refractivity contribution in [3.05, 3.63) is 77.6 Å². The topological polar surface area (TPSA) is 30.2 Å². The zero-order chi connectivity index (χ0) is 13.5. The van der Waals surface area contributed by atoms with E-state index in [1.54, 1.807) is 0 Å². The summed E-state index contributed by atoms with van der Waals surface area (Å²) in [4.78, 5) is 12.2. The molecule has 2 aromatic carbocycles. The summed E-state index contributed by atoms with van der Waals surface area (Å²) in [6.07, 6.45) is 2.39. The minimum Gasteiger partial charge on any atom is -0.455 e. The summed E-state index contributed by atoms with van der Waals surface area (Å²) in [5.74, 6) is 0.832. The van der Waals surface area contributed by atoms with Crippen molar-refractivity contribution in [2.24, 2.45) is 0 Å². The highest BCUT2D eigenvalue weighted by atomic mass is 16.3. The van der Waals surface area contributed by atoms with E-state index in [0.29, 0.717) is 12.2 Å². The second-order valence-corrected chi connectivity index (χ2v) is 4.91. The molecule has 1 aromatic heterocycles. The van der Waals surface area contributed by atoms with Crippen molar-refractivity contribution in [2.45, 2.75) is 6.42 Å². The molecular formula is C18H12O2. The average Bonchev–Trinajstić information content (AvgIpc) is 2.88. The standard InChI is InChI=1S/C18H12O2/c19-15-11-10-13(12-6-2-1-3-7-12)18-17(15)14-8-4-5-9-16(14)20-18/h1-10H,11H2. The summed E-state index contributed by atoms with van der Waals surface area (Å²) in [5, 5.41) is 0.911. The van der Waals surface area contributed by atoms with Crippen molar-refractivity contribution in [1.82, 2.24) is 0 Å². The van der Waals surface area contributed by atoms with Crippen LogP contribution in [0.15, 0.2) is 65.1 Å². The van der Waals surface area contributed by atoms with Crippen molar-refractivity contribution in [3.8, 4) is 0 Å². The Hall–Kier alpha value is -2.61. The fourth-order valence-electron chi connectivity index (χ4n) is 2.77. The number of allylic oxidation sites excluding steroid dienone is 1. The number of hydrogen-bond acceptors (Lipinski definition) is 2. The number of carbonyl (C=O) groups excluding carboxylic acids is 1. The molecule has 0 unspecified atom stereocenters. The lowest BCUT2D eigenvalue weighted by Gasteiger charge is -2.12. The van der Waals surface area contributed by atoms with Crippen LogP contribution in [0.2, 0.25) is 0 Å². The number of fused-ring (bicyclic) bond motifs is 3. The molecule has 0 fully saturated rings. The van der Waals surface area contributed by atoms with Gasteiger partial charge in [-0.1, -0.05) is 54.6 Å². The van der Waals surface area contributed by atoms with Crippen LogP contribution in [0.3, 0.4) is 0 Å². The fraction of sp³-hybridized carbons (Fsp3) is 0.0556. The van der Waals surface area contributed by atoms with Crippen LogP contribution in [0.25, 0.3) is 16.5 Å². The first-order valence-electron chi connectivity index (χ1n) is 6.65. The van der Waals surface area contributed by atoms with Gasteiger partial charge in [-0.25, -0.2) is 0 Å². The highest BCUT2D eigenvalue weighted by Crippen LogP contribution is 2.37. The quantitative estimate of drug-likeness (QED) is 0.647. The first kappa shape index (κ1) is 11.2. The number of para-hydroxylation sites is 1. The number of carbonyl (C=O) groups is 1. The van der Waals surface area contributed by atoms with E-state index in [0.717, 1.165) is 27.7 Å². The maximum Gasteiger partial charge on any atom is 0.171 e. The Labute approximate surface area is 116 Å². The minimum atomic E-state index is 0.129. The van der Waals surface area contributed by atoms with Gasteiger partial charge in [-0.05, 0) is 11.6 Å². The van der Waals surface area contributed by atoms with Crippen LogP contribution in [0.1, 0.15) is 28.1 Å². The van der Waals surface area contributed by atoms with Gasteiger partial charge in [0, 0.05) is 17.4 Å². The van der Waals surface area contributed by atoms with Gasteiger partial charge in [-0.15, -0.1) is 0 Å². The molecule has 0 spiro atoms. The van der Waals surface area contributed by atoms with Gasteiger partial charge in [0.2, 0.25) is 0 Å². The maximum absolute atomic E-state index is 12.2. The molecule has 20 heavy (non-hydrogen) atoms. The first-order valence-corrected chi connectivity index (χ1v) is 6.65. The van der Waals surface area contributed by atoms with Crippen molar-refractivity contribution in [1.29, 1.82) is 0 Å². The van der Waals surface area contributed by atoms with Crippen molar-refractivity contribution in [2.75, 3.05) is 0 Å². The molecule has 1 aliphatic carbocycles. The van der Waals surface area contributed by atoms with Crippen molar-refractivity contribution in [3.63, 3.8) is 0 Å². The zero-order valence-corrected chi connectivity index (χ0v) is 10.8. The summed E-state index contributed by atoms with van der Waals surface area (Å²) in [5.41, 5.74) is 3.59. The summed E-state index contributed by atoms with van der Waals surface area (Å²) < 4.78 is 5.94. The molecule has 96 valence electrons. The molecule has 1 heterocycles. The third kappa shape index (κ3) is 1.55. The van der Waals surface area contributed by atoms with Crippen LogP contribution >= 0.6 is 0 Å². The zero-order valence-electron chi connectivity index (χ0n) is 10.8. The van der Waals surface area contributed by atoms with E-state index >= 15 is 0 Å². The Morgan fingerprint density at radius 1 is 0.900 bits per heavy atom. The monoisotopic (exact) mass is 260 g/mol. The van der Waals surface area contributed by atoms with E-state index in [2.05, 4.69) is 0 Å². The molecule has 2 heteroatoms. The van der Waals surface area contributed by atoms with Crippen LogP contribution in [0, 0.1) is 0 Å². The van der Waals surface area contributed by atoms with Crippen LogP contribution in [-0.4, -0.2) is 5.78 Å². The number of ketones is 1. The molecule has 2 nitrogen and oxygen atoms in total. The molecule has 0 aliphatic heterocycles. The molecule has 0 amide bonds. The van der Waals surface area contributed by atoms with Gasteiger partial charge in [0.05, 0.1) is 5.56 Å². The lowest BCUT2D eigenvalue weighted by Crippen LogP contribution is -2.06. The summed E-state index contributed by atoms with van der Waals surface area (Å²) in [6, 6.07) is 17.8. The van der Waals surface area contributed by atoms with Crippen LogP contribution < -0.4 is 0 Å². The molecule has 0 N–H and O–H groups in total. The fourth-order valence-corrected chi connectivity index (χ4v) is 2.77. The molecule has 1 aliphatic rings. The number of hydrogen-bond donors (Lipinski definition) is 0. The molecule has 0 bridgehead atoms. The van der Waals surface area contributed by atoms with Crippen molar-refractivity contribution < 1.29 is 9.21 Å². The minimum absolute atomic E-state index is 0.129. The van der Waals surface area contributed by atoms with Gasteiger partial charge in [-0.2, -0.15) is 0 Å². The number of furan rings is 1. The lowest BCUT2D eigenvalue weighted by molar-refractivity contribution is 0.0994. The number of rotatable bonds is 1.